The Kier molecular flexibility index (Phi) is 5.01. The van der Waals surface area contributed by atoms with Gasteiger partial charge in [0.25, 0.3) is 0 Å². The molecule has 0 radical (unpaired) electrons. The molecule has 0 bridgehead atoms. The van der Waals surface area contributed by atoms with Crippen LogP contribution in [0.2, 0.25) is 0 Å². The van der Waals surface area contributed by atoms with Crippen LogP contribution >= 0.6 is 0 Å². The molecule has 0 spiro atoms. The van der Waals surface area contributed by atoms with E-state index in [0.29, 0.717) is 38.2 Å². The van der Waals surface area contributed by atoms with Gasteiger partial charge in [-0.3, -0.25) is 9.69 Å². The Bertz CT molecular complexity index is 740. The highest BCUT2D eigenvalue weighted by Crippen LogP contribution is 2.19. The molecule has 1 aromatic rings. The molecule has 2 saturated heterocycles. The van der Waals surface area contributed by atoms with Crippen molar-refractivity contribution in [2.75, 3.05) is 37.7 Å². The third-order valence-corrected chi connectivity index (χ3v) is 6.37. The van der Waals surface area contributed by atoms with Gasteiger partial charge in [0.05, 0.1) is 11.5 Å². The topological polar surface area (TPSA) is 57.7 Å². The molecule has 2 fully saturated rings. The van der Waals surface area contributed by atoms with E-state index in [0.717, 1.165) is 0 Å². The first-order chi connectivity index (χ1) is 11.4. The molecule has 5 nitrogen and oxygen atoms in total. The summed E-state index contributed by atoms with van der Waals surface area (Å²) in [6.07, 6.45) is 3.77. The number of amides is 1. The van der Waals surface area contributed by atoms with Crippen LogP contribution < -0.4 is 0 Å². The SMILES string of the molecule is O=C(/C=C/c1cccc(F)c1)N1CCN([C@@H]2CCS(=O)(=O)C2)CC1. The highest BCUT2D eigenvalue weighted by Gasteiger charge is 2.34. The first kappa shape index (κ1) is 17.1. The maximum absolute atomic E-state index is 13.1. The molecule has 2 heterocycles. The number of benzene rings is 1. The van der Waals surface area contributed by atoms with E-state index in [9.17, 15) is 17.6 Å². The zero-order valence-electron chi connectivity index (χ0n) is 13.4. The Labute approximate surface area is 141 Å². The largest absolute Gasteiger partial charge is 0.337 e. The fourth-order valence-corrected chi connectivity index (χ4v) is 5.02. The molecule has 130 valence electrons. The second-order valence-corrected chi connectivity index (χ2v) is 8.54. The van der Waals surface area contributed by atoms with E-state index in [-0.39, 0.29) is 29.3 Å². The van der Waals surface area contributed by atoms with Crippen LogP contribution in [0.4, 0.5) is 4.39 Å². The standard InChI is InChI=1S/C17H21FN2O3S/c18-15-3-1-2-14(12-15)4-5-17(21)20-9-7-19(8-10-20)16-6-11-24(22,23)13-16/h1-5,12,16H,6-11,13H2/b5-4+/t16-/m1/s1. The van der Waals surface area contributed by atoms with Crippen molar-refractivity contribution in [1.82, 2.24) is 9.80 Å². The lowest BCUT2D eigenvalue weighted by atomic mass is 10.2. The zero-order chi connectivity index (χ0) is 17.2. The molecule has 0 unspecified atom stereocenters. The van der Waals surface area contributed by atoms with E-state index in [1.165, 1.54) is 18.2 Å². The molecule has 1 atom stereocenters. The second kappa shape index (κ2) is 7.03. The Hall–Kier alpha value is -1.73. The van der Waals surface area contributed by atoms with Crippen molar-refractivity contribution < 1.29 is 17.6 Å². The van der Waals surface area contributed by atoms with Gasteiger partial charge in [0, 0.05) is 38.3 Å². The number of hydrogen-bond acceptors (Lipinski definition) is 4. The van der Waals surface area contributed by atoms with Gasteiger partial charge in [0.2, 0.25) is 5.91 Å². The summed E-state index contributed by atoms with van der Waals surface area (Å²) >= 11 is 0. The minimum atomic E-state index is -2.88. The number of carbonyl (C=O) groups is 1. The van der Waals surface area contributed by atoms with Crippen LogP contribution in [0.5, 0.6) is 0 Å². The number of halogens is 1. The fraction of sp³-hybridized carbons (Fsp3) is 0.471. The molecule has 0 N–H and O–H groups in total. The molecule has 2 aliphatic heterocycles. The van der Waals surface area contributed by atoms with Crippen LogP contribution in [0.25, 0.3) is 6.08 Å². The van der Waals surface area contributed by atoms with Gasteiger partial charge in [-0.15, -0.1) is 0 Å². The minimum absolute atomic E-state index is 0.0927. The van der Waals surface area contributed by atoms with Crippen molar-refractivity contribution in [2.45, 2.75) is 12.5 Å². The van der Waals surface area contributed by atoms with Gasteiger partial charge in [-0.25, -0.2) is 12.8 Å². The lowest BCUT2D eigenvalue weighted by molar-refractivity contribution is -0.127. The molecule has 0 saturated carbocycles. The van der Waals surface area contributed by atoms with E-state index >= 15 is 0 Å². The Morgan fingerprint density at radius 3 is 2.58 bits per heavy atom. The Morgan fingerprint density at radius 2 is 1.96 bits per heavy atom. The van der Waals surface area contributed by atoms with Crippen LogP contribution in [0.3, 0.4) is 0 Å². The molecular formula is C17H21FN2O3S. The maximum Gasteiger partial charge on any atom is 0.246 e. The number of rotatable bonds is 3. The van der Waals surface area contributed by atoms with Gasteiger partial charge in [0.1, 0.15) is 5.82 Å². The van der Waals surface area contributed by atoms with Crippen LogP contribution in [0.1, 0.15) is 12.0 Å². The smallest absolute Gasteiger partial charge is 0.246 e. The van der Waals surface area contributed by atoms with Gasteiger partial charge in [-0.05, 0) is 30.2 Å². The van der Waals surface area contributed by atoms with Crippen LogP contribution in [0.15, 0.2) is 30.3 Å². The van der Waals surface area contributed by atoms with E-state index in [2.05, 4.69) is 4.90 Å². The summed E-state index contributed by atoms with van der Waals surface area (Å²) in [5.41, 5.74) is 0.651. The van der Waals surface area contributed by atoms with Crippen molar-refractivity contribution in [3.05, 3.63) is 41.7 Å². The summed E-state index contributed by atoms with van der Waals surface area (Å²) in [4.78, 5) is 16.1. The fourth-order valence-electron chi connectivity index (χ4n) is 3.25. The molecule has 0 aromatic heterocycles. The molecule has 0 aliphatic carbocycles. The average Bonchev–Trinajstić information content (AvgIpc) is 2.93. The molecular weight excluding hydrogens is 331 g/mol. The lowest BCUT2D eigenvalue weighted by Crippen LogP contribution is -2.52. The second-order valence-electron chi connectivity index (χ2n) is 6.31. The zero-order valence-corrected chi connectivity index (χ0v) is 14.2. The first-order valence-corrected chi connectivity index (χ1v) is 9.92. The number of nitrogens with zero attached hydrogens (tertiary/aromatic N) is 2. The molecule has 24 heavy (non-hydrogen) atoms. The third kappa shape index (κ3) is 4.21. The highest BCUT2D eigenvalue weighted by atomic mass is 32.2. The van der Waals surface area contributed by atoms with Crippen molar-refractivity contribution in [2.24, 2.45) is 0 Å². The van der Waals surface area contributed by atoms with Crippen LogP contribution in [0, 0.1) is 5.82 Å². The van der Waals surface area contributed by atoms with E-state index in [1.54, 1.807) is 23.1 Å². The van der Waals surface area contributed by atoms with Crippen LogP contribution in [-0.2, 0) is 14.6 Å². The predicted octanol–water partition coefficient (Wildman–Crippen LogP) is 1.17. The summed E-state index contributed by atoms with van der Waals surface area (Å²) in [6.45, 7) is 2.56. The molecule has 7 heteroatoms. The third-order valence-electron chi connectivity index (χ3n) is 4.62. The summed E-state index contributed by atoms with van der Waals surface area (Å²) in [6, 6.07) is 6.18. The average molecular weight is 352 g/mol. The quantitative estimate of drug-likeness (QED) is 0.767. The van der Waals surface area contributed by atoms with E-state index < -0.39 is 9.84 Å². The first-order valence-electron chi connectivity index (χ1n) is 8.10. The molecule has 1 aromatic carbocycles. The summed E-state index contributed by atoms with van der Waals surface area (Å²) in [5.74, 6) is 0.0795. The van der Waals surface area contributed by atoms with Gasteiger partial charge in [-0.2, -0.15) is 0 Å². The number of piperazine rings is 1. The summed E-state index contributed by atoms with van der Waals surface area (Å²) in [5, 5.41) is 0. The Balaban J connectivity index is 1.52. The number of sulfone groups is 1. The van der Waals surface area contributed by atoms with Crippen molar-refractivity contribution in [3.8, 4) is 0 Å². The van der Waals surface area contributed by atoms with Gasteiger partial charge < -0.3 is 4.90 Å². The normalized spacial score (nSPS) is 24.5. The Morgan fingerprint density at radius 1 is 1.21 bits per heavy atom. The van der Waals surface area contributed by atoms with E-state index in [4.69, 9.17) is 0 Å². The predicted molar refractivity (Wildman–Crippen MR) is 90.6 cm³/mol. The van der Waals surface area contributed by atoms with Crippen LogP contribution in [-0.4, -0.2) is 67.9 Å². The van der Waals surface area contributed by atoms with Crippen molar-refractivity contribution in [3.63, 3.8) is 0 Å². The minimum Gasteiger partial charge on any atom is -0.337 e. The molecule has 1 amide bonds. The van der Waals surface area contributed by atoms with Gasteiger partial charge >= 0.3 is 0 Å². The lowest BCUT2D eigenvalue weighted by Gasteiger charge is -2.37. The maximum atomic E-state index is 13.1. The molecule has 3 rings (SSSR count). The number of hydrogen-bond donors (Lipinski definition) is 0. The molecule has 2 aliphatic rings. The van der Waals surface area contributed by atoms with Crippen molar-refractivity contribution >= 4 is 21.8 Å². The summed E-state index contributed by atoms with van der Waals surface area (Å²) in [7, 11) is -2.88. The van der Waals surface area contributed by atoms with E-state index in [1.807, 2.05) is 0 Å². The summed E-state index contributed by atoms with van der Waals surface area (Å²) < 4.78 is 36.3. The van der Waals surface area contributed by atoms with Gasteiger partial charge in [0.15, 0.2) is 9.84 Å². The van der Waals surface area contributed by atoms with Crippen molar-refractivity contribution in [1.29, 1.82) is 0 Å². The van der Waals surface area contributed by atoms with Gasteiger partial charge in [-0.1, -0.05) is 12.1 Å². The number of carbonyl (C=O) groups excluding carboxylic acids is 1. The highest BCUT2D eigenvalue weighted by molar-refractivity contribution is 7.91. The monoisotopic (exact) mass is 352 g/mol.